The highest BCUT2D eigenvalue weighted by Crippen LogP contribution is 2.40. The van der Waals surface area contributed by atoms with Crippen molar-refractivity contribution in [3.05, 3.63) is 53.1 Å². The second kappa shape index (κ2) is 6.91. The van der Waals surface area contributed by atoms with Gasteiger partial charge >= 0.3 is 0 Å². The van der Waals surface area contributed by atoms with Crippen LogP contribution in [0.5, 0.6) is 0 Å². The van der Waals surface area contributed by atoms with Crippen molar-refractivity contribution >= 4 is 17.3 Å². The zero-order chi connectivity index (χ0) is 17.3. The Kier molecular flexibility index (Phi) is 4.87. The molecule has 2 N–H and O–H groups in total. The fourth-order valence-corrected chi connectivity index (χ4v) is 3.74. The normalized spacial score (nSPS) is 20.5. The minimum atomic E-state index is 0.0119. The van der Waals surface area contributed by atoms with E-state index in [1.807, 2.05) is 24.4 Å². The maximum absolute atomic E-state index is 9.25. The predicted molar refractivity (Wildman–Crippen MR) is 98.7 cm³/mol. The predicted octanol–water partition coefficient (Wildman–Crippen LogP) is 2.39. The summed E-state index contributed by atoms with van der Waals surface area (Å²) in [6.45, 7) is 5.14. The van der Waals surface area contributed by atoms with E-state index in [1.165, 1.54) is 17.0 Å². The lowest BCUT2D eigenvalue weighted by atomic mass is 9.96. The molecule has 0 bridgehead atoms. The molecule has 5 nitrogen and oxygen atoms in total. The summed E-state index contributed by atoms with van der Waals surface area (Å²) in [7, 11) is 2.09. The number of rotatable bonds is 5. The first-order valence-corrected chi connectivity index (χ1v) is 8.67. The van der Waals surface area contributed by atoms with Crippen LogP contribution in [0.15, 0.2) is 30.5 Å². The van der Waals surface area contributed by atoms with Gasteiger partial charge in [0.05, 0.1) is 17.8 Å². The molecular weight excluding hydrogens is 320 g/mol. The van der Waals surface area contributed by atoms with Crippen LogP contribution in [-0.2, 0) is 7.05 Å². The highest BCUT2D eigenvalue weighted by atomic mass is 32.1. The van der Waals surface area contributed by atoms with Crippen molar-refractivity contribution in [3.63, 3.8) is 0 Å². The summed E-state index contributed by atoms with van der Waals surface area (Å²) in [6, 6.07) is 8.29. The number of hydrogen-bond donors (Lipinski definition) is 2. The van der Waals surface area contributed by atoms with Crippen LogP contribution >= 0.6 is 12.2 Å². The minimum absolute atomic E-state index is 0.0119. The zero-order valence-electron chi connectivity index (χ0n) is 14.4. The van der Waals surface area contributed by atoms with E-state index in [0.717, 1.165) is 17.4 Å². The van der Waals surface area contributed by atoms with Crippen LogP contribution < -0.4 is 5.32 Å². The van der Waals surface area contributed by atoms with Crippen LogP contribution in [0.1, 0.15) is 41.1 Å². The Balaban J connectivity index is 2.05. The van der Waals surface area contributed by atoms with E-state index < -0.39 is 0 Å². The molecule has 1 fully saturated rings. The van der Waals surface area contributed by atoms with E-state index in [9.17, 15) is 5.11 Å². The summed E-state index contributed by atoms with van der Waals surface area (Å²) in [5, 5.41) is 13.4. The third-order valence-corrected chi connectivity index (χ3v) is 5.24. The topological polar surface area (TPSA) is 53.3 Å². The van der Waals surface area contributed by atoms with Gasteiger partial charge in [0.1, 0.15) is 0 Å². The largest absolute Gasteiger partial charge is 0.396 e. The van der Waals surface area contributed by atoms with Crippen LogP contribution in [0.25, 0.3) is 0 Å². The van der Waals surface area contributed by atoms with Crippen molar-refractivity contribution < 1.29 is 5.11 Å². The Morgan fingerprint density at radius 2 is 2.12 bits per heavy atom. The van der Waals surface area contributed by atoms with Crippen molar-refractivity contribution in [2.45, 2.75) is 32.4 Å². The fraction of sp³-hybridized carbons (Fsp3) is 0.444. The summed E-state index contributed by atoms with van der Waals surface area (Å²) in [6.07, 6.45) is 2.51. The van der Waals surface area contributed by atoms with Crippen LogP contribution in [0, 0.1) is 13.8 Å². The summed E-state index contributed by atoms with van der Waals surface area (Å²) in [5.74, 6) is 0. The highest BCUT2D eigenvalue weighted by Gasteiger charge is 2.40. The van der Waals surface area contributed by atoms with Crippen molar-refractivity contribution in [2.24, 2.45) is 7.05 Å². The van der Waals surface area contributed by atoms with E-state index in [2.05, 4.69) is 46.7 Å². The van der Waals surface area contributed by atoms with Gasteiger partial charge in [-0.1, -0.05) is 6.07 Å². The number of pyridine rings is 1. The van der Waals surface area contributed by atoms with Gasteiger partial charge in [-0.2, -0.15) is 0 Å². The number of aryl methyl sites for hydroxylation is 1. The van der Waals surface area contributed by atoms with Crippen molar-refractivity contribution in [1.29, 1.82) is 0 Å². The standard InChI is InChI=1S/C18H24N4OS/c1-12-11-14(13(2)21(12)3)17-16(15-7-4-5-8-19-15)20-18(24)22(17)9-6-10-23/h4-5,7-8,11,16-17,23H,6,9-10H2,1-3H3,(H,20,24)/t16-,17-/m0/s1. The van der Waals surface area contributed by atoms with Crippen molar-refractivity contribution in [1.82, 2.24) is 19.8 Å². The Morgan fingerprint density at radius 3 is 2.71 bits per heavy atom. The summed E-state index contributed by atoms with van der Waals surface area (Å²) < 4.78 is 2.20. The molecule has 0 aromatic carbocycles. The molecule has 128 valence electrons. The van der Waals surface area contributed by atoms with Gasteiger partial charge in [0.2, 0.25) is 0 Å². The monoisotopic (exact) mass is 344 g/mol. The third-order valence-electron chi connectivity index (χ3n) is 4.89. The molecule has 0 unspecified atom stereocenters. The average molecular weight is 344 g/mol. The molecule has 0 saturated carbocycles. The molecule has 1 aliphatic heterocycles. The second-order valence-corrected chi connectivity index (χ2v) is 6.67. The van der Waals surface area contributed by atoms with E-state index in [-0.39, 0.29) is 18.7 Å². The Morgan fingerprint density at radius 1 is 1.33 bits per heavy atom. The number of thiocarbonyl (C=S) groups is 1. The van der Waals surface area contributed by atoms with Gasteiger partial charge in [0.25, 0.3) is 0 Å². The fourth-order valence-electron chi connectivity index (χ4n) is 3.41. The highest BCUT2D eigenvalue weighted by molar-refractivity contribution is 7.80. The number of nitrogens with one attached hydrogen (secondary N) is 1. The van der Waals surface area contributed by atoms with Gasteiger partial charge in [0.15, 0.2) is 5.11 Å². The molecular formula is C18H24N4OS. The molecule has 0 amide bonds. The Hall–Kier alpha value is -1.92. The van der Waals surface area contributed by atoms with E-state index >= 15 is 0 Å². The zero-order valence-corrected chi connectivity index (χ0v) is 15.2. The number of aromatic nitrogens is 2. The molecule has 3 rings (SSSR count). The molecule has 3 heterocycles. The smallest absolute Gasteiger partial charge is 0.170 e. The SMILES string of the molecule is Cc1cc([C@H]2[C@H](c3ccccn3)NC(=S)N2CCCO)c(C)n1C. The molecule has 2 aromatic rings. The molecule has 0 radical (unpaired) electrons. The number of hydrogen-bond acceptors (Lipinski definition) is 3. The average Bonchev–Trinajstić information content (AvgIpc) is 3.05. The first kappa shape index (κ1) is 16.9. The lowest BCUT2D eigenvalue weighted by Gasteiger charge is -2.27. The van der Waals surface area contributed by atoms with Crippen LogP contribution in [0.4, 0.5) is 0 Å². The quantitative estimate of drug-likeness (QED) is 0.816. The van der Waals surface area contributed by atoms with Crippen LogP contribution in [0.2, 0.25) is 0 Å². The maximum Gasteiger partial charge on any atom is 0.170 e. The molecule has 1 saturated heterocycles. The summed E-state index contributed by atoms with van der Waals surface area (Å²) in [5.41, 5.74) is 4.70. The lowest BCUT2D eigenvalue weighted by Crippen LogP contribution is -2.31. The van der Waals surface area contributed by atoms with Crippen LogP contribution in [-0.4, -0.2) is 37.8 Å². The second-order valence-electron chi connectivity index (χ2n) is 6.28. The first-order chi connectivity index (χ1) is 11.5. The number of nitrogens with zero attached hydrogens (tertiary/aromatic N) is 3. The summed E-state index contributed by atoms with van der Waals surface area (Å²) in [4.78, 5) is 6.73. The molecule has 0 aliphatic carbocycles. The molecule has 6 heteroatoms. The van der Waals surface area contributed by atoms with Gasteiger partial charge in [-0.3, -0.25) is 4.98 Å². The first-order valence-electron chi connectivity index (χ1n) is 8.26. The number of aliphatic hydroxyl groups excluding tert-OH is 1. The van der Waals surface area contributed by atoms with E-state index in [4.69, 9.17) is 12.2 Å². The van der Waals surface area contributed by atoms with Crippen molar-refractivity contribution in [2.75, 3.05) is 13.2 Å². The molecule has 24 heavy (non-hydrogen) atoms. The molecule has 0 spiro atoms. The van der Waals surface area contributed by atoms with Gasteiger partial charge < -0.3 is 19.9 Å². The Bertz CT molecular complexity index is 728. The maximum atomic E-state index is 9.25. The minimum Gasteiger partial charge on any atom is -0.396 e. The molecule has 1 aliphatic rings. The van der Waals surface area contributed by atoms with Gasteiger partial charge in [-0.05, 0) is 56.2 Å². The van der Waals surface area contributed by atoms with E-state index in [1.54, 1.807) is 0 Å². The van der Waals surface area contributed by atoms with Gasteiger partial charge in [-0.15, -0.1) is 0 Å². The Labute approximate surface area is 148 Å². The van der Waals surface area contributed by atoms with Crippen LogP contribution in [0.3, 0.4) is 0 Å². The molecule has 2 atom stereocenters. The van der Waals surface area contributed by atoms with E-state index in [0.29, 0.717) is 6.42 Å². The lowest BCUT2D eigenvalue weighted by molar-refractivity contribution is 0.247. The van der Waals surface area contributed by atoms with Gasteiger partial charge in [0, 0.05) is 37.8 Å². The van der Waals surface area contributed by atoms with Gasteiger partial charge in [-0.25, -0.2) is 0 Å². The summed E-state index contributed by atoms with van der Waals surface area (Å²) >= 11 is 5.59. The third kappa shape index (κ3) is 2.91. The van der Waals surface area contributed by atoms with Crippen molar-refractivity contribution in [3.8, 4) is 0 Å². The number of aliphatic hydroxyl groups is 1. The molecule has 2 aromatic heterocycles.